The quantitative estimate of drug-likeness (QED) is 0.891. The van der Waals surface area contributed by atoms with E-state index in [0.29, 0.717) is 23.9 Å². The van der Waals surface area contributed by atoms with Gasteiger partial charge in [0.2, 0.25) is 0 Å². The standard InChI is InChI=1S/C16H20ClN3O/c1-3-20(8-9-21)11-15-10-12(2)18-16(19-15)13-4-6-14(17)7-5-13/h4-7,10,21H,3,8-9,11H2,1-2H3. The number of halogens is 1. The van der Waals surface area contributed by atoms with Crippen LogP contribution in [-0.2, 0) is 6.54 Å². The molecule has 1 heterocycles. The number of nitrogens with zero attached hydrogens (tertiary/aromatic N) is 3. The molecule has 0 unspecified atom stereocenters. The third-order valence-corrected chi connectivity index (χ3v) is 3.51. The Morgan fingerprint density at radius 3 is 2.52 bits per heavy atom. The Kier molecular flexibility index (Phi) is 5.67. The van der Waals surface area contributed by atoms with E-state index in [1.165, 1.54) is 0 Å². The molecular formula is C16H20ClN3O. The summed E-state index contributed by atoms with van der Waals surface area (Å²) >= 11 is 5.91. The van der Waals surface area contributed by atoms with E-state index < -0.39 is 0 Å². The molecule has 0 spiro atoms. The van der Waals surface area contributed by atoms with Gasteiger partial charge in [0.1, 0.15) is 0 Å². The van der Waals surface area contributed by atoms with Gasteiger partial charge in [-0.25, -0.2) is 9.97 Å². The zero-order valence-corrected chi connectivity index (χ0v) is 13.1. The fourth-order valence-electron chi connectivity index (χ4n) is 2.16. The van der Waals surface area contributed by atoms with Crippen LogP contribution in [0.4, 0.5) is 0 Å². The van der Waals surface area contributed by atoms with Gasteiger partial charge in [-0.1, -0.05) is 18.5 Å². The summed E-state index contributed by atoms with van der Waals surface area (Å²) in [4.78, 5) is 11.3. The number of aromatic nitrogens is 2. The zero-order valence-electron chi connectivity index (χ0n) is 12.4. The molecule has 0 bridgehead atoms. The van der Waals surface area contributed by atoms with E-state index >= 15 is 0 Å². The van der Waals surface area contributed by atoms with E-state index in [-0.39, 0.29) is 6.61 Å². The Balaban J connectivity index is 2.26. The summed E-state index contributed by atoms with van der Waals surface area (Å²) in [5.41, 5.74) is 2.85. The van der Waals surface area contributed by atoms with Crippen molar-refractivity contribution in [2.24, 2.45) is 0 Å². The maximum Gasteiger partial charge on any atom is 0.159 e. The van der Waals surface area contributed by atoms with Crippen LogP contribution in [0.3, 0.4) is 0 Å². The number of hydrogen-bond donors (Lipinski definition) is 1. The highest BCUT2D eigenvalue weighted by atomic mass is 35.5. The number of rotatable bonds is 6. The van der Waals surface area contributed by atoms with Gasteiger partial charge in [-0.2, -0.15) is 0 Å². The lowest BCUT2D eigenvalue weighted by atomic mass is 10.2. The van der Waals surface area contributed by atoms with Crippen LogP contribution in [0.15, 0.2) is 30.3 Å². The van der Waals surface area contributed by atoms with E-state index in [1.54, 1.807) is 0 Å². The fourth-order valence-corrected chi connectivity index (χ4v) is 2.29. The Bertz CT molecular complexity index is 587. The molecule has 0 radical (unpaired) electrons. The molecule has 0 aliphatic carbocycles. The molecule has 0 aliphatic rings. The Morgan fingerprint density at radius 2 is 1.90 bits per heavy atom. The molecule has 2 rings (SSSR count). The average Bonchev–Trinajstić information content (AvgIpc) is 2.47. The highest BCUT2D eigenvalue weighted by Crippen LogP contribution is 2.19. The van der Waals surface area contributed by atoms with E-state index in [2.05, 4.69) is 21.8 Å². The van der Waals surface area contributed by atoms with Crippen molar-refractivity contribution in [1.82, 2.24) is 14.9 Å². The normalized spacial score (nSPS) is 11.1. The monoisotopic (exact) mass is 305 g/mol. The molecule has 0 aliphatic heterocycles. The first kappa shape index (κ1) is 15.9. The molecule has 0 saturated carbocycles. The molecule has 5 heteroatoms. The van der Waals surface area contributed by atoms with Gasteiger partial charge in [0.15, 0.2) is 5.82 Å². The van der Waals surface area contributed by atoms with Gasteiger partial charge < -0.3 is 5.11 Å². The van der Waals surface area contributed by atoms with Crippen molar-refractivity contribution in [3.8, 4) is 11.4 Å². The van der Waals surface area contributed by atoms with Crippen LogP contribution in [0.1, 0.15) is 18.3 Å². The lowest BCUT2D eigenvalue weighted by Gasteiger charge is -2.19. The molecule has 1 aromatic heterocycles. The molecule has 1 aromatic carbocycles. The smallest absolute Gasteiger partial charge is 0.159 e. The highest BCUT2D eigenvalue weighted by molar-refractivity contribution is 6.30. The van der Waals surface area contributed by atoms with Crippen LogP contribution < -0.4 is 0 Å². The van der Waals surface area contributed by atoms with Gasteiger partial charge in [-0.05, 0) is 43.8 Å². The molecule has 4 nitrogen and oxygen atoms in total. The summed E-state index contributed by atoms with van der Waals surface area (Å²) in [6.07, 6.45) is 0. The Labute approximate surface area is 130 Å². The van der Waals surface area contributed by atoms with Crippen molar-refractivity contribution >= 4 is 11.6 Å². The fraction of sp³-hybridized carbons (Fsp3) is 0.375. The van der Waals surface area contributed by atoms with Crippen LogP contribution >= 0.6 is 11.6 Å². The number of aliphatic hydroxyl groups excluding tert-OH is 1. The number of likely N-dealkylation sites (N-methyl/N-ethyl adjacent to an activating group) is 1. The topological polar surface area (TPSA) is 49.2 Å². The van der Waals surface area contributed by atoms with Gasteiger partial charge in [0.05, 0.1) is 12.3 Å². The number of hydrogen-bond acceptors (Lipinski definition) is 4. The molecule has 112 valence electrons. The predicted molar refractivity (Wildman–Crippen MR) is 85.3 cm³/mol. The van der Waals surface area contributed by atoms with Gasteiger partial charge in [0, 0.05) is 29.4 Å². The van der Waals surface area contributed by atoms with Gasteiger partial charge in [0.25, 0.3) is 0 Å². The summed E-state index contributed by atoms with van der Waals surface area (Å²) < 4.78 is 0. The Morgan fingerprint density at radius 1 is 1.19 bits per heavy atom. The average molecular weight is 306 g/mol. The zero-order chi connectivity index (χ0) is 15.2. The SMILES string of the molecule is CCN(CCO)Cc1cc(C)nc(-c2ccc(Cl)cc2)n1. The predicted octanol–water partition coefficient (Wildman–Crippen LogP) is 2.92. The molecule has 2 aromatic rings. The van der Waals surface area contributed by atoms with Crippen molar-refractivity contribution in [1.29, 1.82) is 0 Å². The molecular weight excluding hydrogens is 286 g/mol. The maximum atomic E-state index is 9.07. The Hall–Kier alpha value is -1.49. The number of benzene rings is 1. The van der Waals surface area contributed by atoms with Crippen molar-refractivity contribution in [2.75, 3.05) is 19.7 Å². The summed E-state index contributed by atoms with van der Waals surface area (Å²) in [7, 11) is 0. The van der Waals surface area contributed by atoms with Crippen molar-refractivity contribution in [3.05, 3.63) is 46.7 Å². The van der Waals surface area contributed by atoms with Gasteiger partial charge >= 0.3 is 0 Å². The number of aryl methyl sites for hydroxylation is 1. The summed E-state index contributed by atoms with van der Waals surface area (Å²) in [5.74, 6) is 0.710. The van der Waals surface area contributed by atoms with Gasteiger partial charge in [-0.3, -0.25) is 4.90 Å². The first-order valence-corrected chi connectivity index (χ1v) is 7.44. The molecule has 0 fully saturated rings. The minimum absolute atomic E-state index is 0.155. The van der Waals surface area contributed by atoms with E-state index in [9.17, 15) is 0 Å². The number of aliphatic hydroxyl groups is 1. The molecule has 0 atom stereocenters. The summed E-state index contributed by atoms with van der Waals surface area (Å²) in [6.45, 7) is 6.43. The summed E-state index contributed by atoms with van der Waals surface area (Å²) in [6, 6.07) is 9.51. The van der Waals surface area contributed by atoms with Crippen LogP contribution in [0.5, 0.6) is 0 Å². The minimum atomic E-state index is 0.155. The highest BCUT2D eigenvalue weighted by Gasteiger charge is 2.08. The second-order valence-corrected chi connectivity index (χ2v) is 5.36. The lowest BCUT2D eigenvalue weighted by molar-refractivity contribution is 0.195. The van der Waals surface area contributed by atoms with Crippen LogP contribution in [0.2, 0.25) is 5.02 Å². The summed E-state index contributed by atoms with van der Waals surface area (Å²) in [5, 5.41) is 9.77. The van der Waals surface area contributed by atoms with E-state index in [0.717, 1.165) is 23.5 Å². The molecule has 0 amide bonds. The largest absolute Gasteiger partial charge is 0.395 e. The molecule has 1 N–H and O–H groups in total. The second-order valence-electron chi connectivity index (χ2n) is 4.92. The third-order valence-electron chi connectivity index (χ3n) is 3.26. The second kappa shape index (κ2) is 7.50. The maximum absolute atomic E-state index is 9.07. The van der Waals surface area contributed by atoms with Crippen LogP contribution in [0, 0.1) is 6.92 Å². The van der Waals surface area contributed by atoms with Crippen molar-refractivity contribution in [3.63, 3.8) is 0 Å². The lowest BCUT2D eigenvalue weighted by Crippen LogP contribution is -2.26. The minimum Gasteiger partial charge on any atom is -0.395 e. The van der Waals surface area contributed by atoms with Crippen molar-refractivity contribution < 1.29 is 5.11 Å². The van der Waals surface area contributed by atoms with E-state index in [4.69, 9.17) is 16.7 Å². The molecule has 21 heavy (non-hydrogen) atoms. The van der Waals surface area contributed by atoms with Crippen LogP contribution in [-0.4, -0.2) is 39.7 Å². The van der Waals surface area contributed by atoms with E-state index in [1.807, 2.05) is 37.3 Å². The van der Waals surface area contributed by atoms with Crippen LogP contribution in [0.25, 0.3) is 11.4 Å². The first-order valence-electron chi connectivity index (χ1n) is 7.06. The van der Waals surface area contributed by atoms with Gasteiger partial charge in [-0.15, -0.1) is 0 Å². The first-order chi connectivity index (χ1) is 10.1. The molecule has 0 saturated heterocycles. The van der Waals surface area contributed by atoms with Crippen molar-refractivity contribution in [2.45, 2.75) is 20.4 Å². The third kappa shape index (κ3) is 4.49.